The van der Waals surface area contributed by atoms with Crippen LogP contribution in [0.25, 0.3) is 11.4 Å². The minimum absolute atomic E-state index is 0.0702. The summed E-state index contributed by atoms with van der Waals surface area (Å²) in [6.07, 6.45) is 0. The van der Waals surface area contributed by atoms with Crippen molar-refractivity contribution in [2.24, 2.45) is 7.05 Å². The van der Waals surface area contributed by atoms with Crippen LogP contribution >= 0.6 is 11.8 Å². The van der Waals surface area contributed by atoms with Crippen molar-refractivity contribution in [3.63, 3.8) is 0 Å². The molecule has 2 aromatic carbocycles. The van der Waals surface area contributed by atoms with Crippen molar-refractivity contribution < 1.29 is 9.53 Å². The van der Waals surface area contributed by atoms with Crippen LogP contribution in [0.2, 0.25) is 0 Å². The second-order valence-electron chi connectivity index (χ2n) is 7.22. The van der Waals surface area contributed by atoms with Gasteiger partial charge in [-0.3, -0.25) is 4.79 Å². The van der Waals surface area contributed by atoms with Crippen LogP contribution in [0.4, 0.5) is 11.4 Å². The molecule has 1 saturated heterocycles. The summed E-state index contributed by atoms with van der Waals surface area (Å²) in [5.41, 5.74) is 4.12. The Labute approximate surface area is 180 Å². The lowest BCUT2D eigenvalue weighted by Crippen LogP contribution is -2.36. The van der Waals surface area contributed by atoms with Crippen molar-refractivity contribution in [2.45, 2.75) is 12.1 Å². The first-order valence-electron chi connectivity index (χ1n) is 9.92. The van der Waals surface area contributed by atoms with Crippen LogP contribution in [-0.4, -0.2) is 52.7 Å². The van der Waals surface area contributed by atoms with Gasteiger partial charge in [0.1, 0.15) is 0 Å². The first-order chi connectivity index (χ1) is 14.6. The number of benzene rings is 2. The summed E-state index contributed by atoms with van der Waals surface area (Å²) >= 11 is 1.38. The molecule has 1 aromatic heterocycles. The molecule has 30 heavy (non-hydrogen) atoms. The molecule has 3 aromatic rings. The SMILES string of the molecule is Cc1cccc(-c2nnc(SCC(=O)Nc3ccc(N4CCOCC4)cc3)n2C)c1. The third-order valence-corrected chi connectivity index (χ3v) is 5.99. The minimum Gasteiger partial charge on any atom is -0.378 e. The van der Waals surface area contributed by atoms with E-state index in [1.54, 1.807) is 0 Å². The number of anilines is 2. The smallest absolute Gasteiger partial charge is 0.234 e. The fourth-order valence-corrected chi connectivity index (χ4v) is 4.09. The largest absolute Gasteiger partial charge is 0.378 e. The van der Waals surface area contributed by atoms with Crippen LogP contribution in [0.15, 0.2) is 53.7 Å². The number of aromatic nitrogens is 3. The van der Waals surface area contributed by atoms with Crippen molar-refractivity contribution in [1.29, 1.82) is 0 Å². The monoisotopic (exact) mass is 423 g/mol. The van der Waals surface area contributed by atoms with Gasteiger partial charge >= 0.3 is 0 Å². The summed E-state index contributed by atoms with van der Waals surface area (Å²) in [7, 11) is 1.92. The van der Waals surface area contributed by atoms with Gasteiger partial charge in [-0.05, 0) is 37.3 Å². The van der Waals surface area contributed by atoms with Crippen LogP contribution in [0, 0.1) is 6.92 Å². The molecule has 0 radical (unpaired) electrons. The number of hydrogen-bond donors (Lipinski definition) is 1. The minimum atomic E-state index is -0.0702. The number of ether oxygens (including phenoxy) is 1. The number of morpholine rings is 1. The maximum absolute atomic E-state index is 12.4. The van der Waals surface area contributed by atoms with Crippen LogP contribution in [0.1, 0.15) is 5.56 Å². The van der Waals surface area contributed by atoms with E-state index in [1.807, 2.05) is 61.0 Å². The number of nitrogens with one attached hydrogen (secondary N) is 1. The maximum Gasteiger partial charge on any atom is 0.234 e. The number of thioether (sulfide) groups is 1. The van der Waals surface area contributed by atoms with E-state index in [9.17, 15) is 4.79 Å². The lowest BCUT2D eigenvalue weighted by Gasteiger charge is -2.28. The Morgan fingerprint density at radius 2 is 1.90 bits per heavy atom. The lowest BCUT2D eigenvalue weighted by atomic mass is 10.1. The zero-order valence-corrected chi connectivity index (χ0v) is 18.0. The van der Waals surface area contributed by atoms with E-state index in [1.165, 1.54) is 17.3 Å². The van der Waals surface area contributed by atoms with Gasteiger partial charge in [-0.25, -0.2) is 0 Å². The van der Waals surface area contributed by atoms with E-state index in [-0.39, 0.29) is 11.7 Å². The van der Waals surface area contributed by atoms with Crippen molar-refractivity contribution in [3.05, 3.63) is 54.1 Å². The Kier molecular flexibility index (Phi) is 6.35. The highest BCUT2D eigenvalue weighted by Gasteiger charge is 2.14. The van der Waals surface area contributed by atoms with Crippen molar-refractivity contribution in [2.75, 3.05) is 42.3 Å². The van der Waals surface area contributed by atoms with Gasteiger partial charge in [0.15, 0.2) is 11.0 Å². The van der Waals surface area contributed by atoms with Gasteiger partial charge in [0.05, 0.1) is 19.0 Å². The van der Waals surface area contributed by atoms with Crippen LogP contribution < -0.4 is 10.2 Å². The van der Waals surface area contributed by atoms with Gasteiger partial charge in [-0.15, -0.1) is 10.2 Å². The second-order valence-corrected chi connectivity index (χ2v) is 8.16. The summed E-state index contributed by atoms with van der Waals surface area (Å²) in [4.78, 5) is 14.7. The zero-order chi connectivity index (χ0) is 20.9. The third kappa shape index (κ3) is 4.83. The van der Waals surface area contributed by atoms with E-state index < -0.39 is 0 Å². The van der Waals surface area contributed by atoms with Crippen molar-refractivity contribution >= 4 is 29.0 Å². The van der Waals surface area contributed by atoms with Gasteiger partial charge in [0.25, 0.3) is 0 Å². The third-order valence-electron chi connectivity index (χ3n) is 4.97. The fourth-order valence-electron chi connectivity index (χ4n) is 3.38. The first-order valence-corrected chi connectivity index (χ1v) is 10.9. The second kappa shape index (κ2) is 9.32. The van der Waals surface area contributed by atoms with E-state index >= 15 is 0 Å². The predicted octanol–water partition coefficient (Wildman–Crippen LogP) is 3.36. The topological polar surface area (TPSA) is 72.3 Å². The normalized spacial score (nSPS) is 14.0. The van der Waals surface area contributed by atoms with Gasteiger partial charge in [-0.1, -0.05) is 35.5 Å². The van der Waals surface area contributed by atoms with Crippen molar-refractivity contribution in [3.8, 4) is 11.4 Å². The molecule has 1 aliphatic rings. The summed E-state index contributed by atoms with van der Waals surface area (Å²) in [6.45, 7) is 5.34. The Bertz CT molecular complexity index is 1010. The Morgan fingerprint density at radius 1 is 1.13 bits per heavy atom. The van der Waals surface area contributed by atoms with Gasteiger partial charge < -0.3 is 19.5 Å². The maximum atomic E-state index is 12.4. The van der Waals surface area contributed by atoms with E-state index in [0.717, 1.165) is 49.1 Å². The molecule has 4 rings (SSSR count). The number of amides is 1. The molecule has 0 saturated carbocycles. The number of carbonyl (C=O) groups excluding carboxylic acids is 1. The average molecular weight is 424 g/mol. The molecule has 2 heterocycles. The van der Waals surface area contributed by atoms with Crippen LogP contribution in [0.5, 0.6) is 0 Å². The standard InChI is InChI=1S/C22H25N5O2S/c1-16-4-3-5-17(14-16)21-24-25-22(26(21)2)30-15-20(28)23-18-6-8-19(9-7-18)27-10-12-29-13-11-27/h3-9,14H,10-13,15H2,1-2H3,(H,23,28). The molecule has 1 fully saturated rings. The molecule has 0 atom stereocenters. The Morgan fingerprint density at radius 3 is 2.63 bits per heavy atom. The van der Waals surface area contributed by atoms with Gasteiger partial charge in [0, 0.05) is 37.1 Å². The average Bonchev–Trinajstić information content (AvgIpc) is 3.14. The summed E-state index contributed by atoms with van der Waals surface area (Å²) < 4.78 is 7.31. The molecular weight excluding hydrogens is 398 g/mol. The highest BCUT2D eigenvalue weighted by molar-refractivity contribution is 7.99. The van der Waals surface area contributed by atoms with Gasteiger partial charge in [-0.2, -0.15) is 0 Å². The molecule has 1 N–H and O–H groups in total. The Hall–Kier alpha value is -2.84. The quantitative estimate of drug-likeness (QED) is 0.613. The molecule has 1 aliphatic heterocycles. The lowest BCUT2D eigenvalue weighted by molar-refractivity contribution is -0.113. The molecule has 156 valence electrons. The summed E-state index contributed by atoms with van der Waals surface area (Å²) in [5.74, 6) is 0.991. The predicted molar refractivity (Wildman–Crippen MR) is 120 cm³/mol. The highest BCUT2D eigenvalue weighted by Crippen LogP contribution is 2.24. The van der Waals surface area contributed by atoms with Crippen molar-refractivity contribution in [1.82, 2.24) is 14.8 Å². The number of carbonyl (C=O) groups is 1. The van der Waals surface area contributed by atoms with Crippen LogP contribution in [-0.2, 0) is 16.6 Å². The zero-order valence-electron chi connectivity index (χ0n) is 17.2. The first kappa shape index (κ1) is 20.4. The number of nitrogens with zero attached hydrogens (tertiary/aromatic N) is 4. The molecular formula is C22H25N5O2S. The molecule has 0 unspecified atom stereocenters. The molecule has 7 nitrogen and oxygen atoms in total. The van der Waals surface area contributed by atoms with E-state index in [0.29, 0.717) is 5.16 Å². The molecule has 0 aliphatic carbocycles. The van der Waals surface area contributed by atoms with E-state index in [4.69, 9.17) is 4.74 Å². The summed E-state index contributed by atoms with van der Waals surface area (Å²) in [6, 6.07) is 16.1. The fraction of sp³-hybridized carbons (Fsp3) is 0.318. The van der Waals surface area contributed by atoms with Gasteiger partial charge in [0.2, 0.25) is 5.91 Å². The highest BCUT2D eigenvalue weighted by atomic mass is 32.2. The van der Waals surface area contributed by atoms with Crippen LogP contribution in [0.3, 0.4) is 0 Å². The number of hydrogen-bond acceptors (Lipinski definition) is 6. The Balaban J connectivity index is 1.33. The molecule has 0 bridgehead atoms. The molecule has 1 amide bonds. The van der Waals surface area contributed by atoms with E-state index in [2.05, 4.69) is 26.5 Å². The number of rotatable bonds is 6. The summed E-state index contributed by atoms with van der Waals surface area (Å²) in [5, 5.41) is 12.2. The molecule has 8 heteroatoms. The molecule has 0 spiro atoms. The number of aryl methyl sites for hydroxylation is 1.